The number of nitrogens with one attached hydrogen (secondary N) is 3. The van der Waals surface area contributed by atoms with Crippen molar-refractivity contribution < 1.29 is 70.7 Å². The third-order valence-electron chi connectivity index (χ3n) is 23.0. The van der Waals surface area contributed by atoms with Crippen LogP contribution in [0.1, 0.15) is 195 Å². The number of likely N-dealkylation sites (tertiary alicyclic amines) is 1. The first-order valence-corrected chi connectivity index (χ1v) is 37.9. The topological polar surface area (TPSA) is 270 Å². The van der Waals surface area contributed by atoms with Gasteiger partial charge < -0.3 is 60.0 Å². The van der Waals surface area contributed by atoms with Gasteiger partial charge in [-0.15, -0.1) is 23.2 Å². The number of alkyl halides is 5. The van der Waals surface area contributed by atoms with Crippen LogP contribution < -0.4 is 16.0 Å². The molecule has 1 spiro atoms. The molecule has 2 heterocycles. The van der Waals surface area contributed by atoms with Crippen molar-refractivity contribution in [1.29, 1.82) is 0 Å². The summed E-state index contributed by atoms with van der Waals surface area (Å²) in [5, 5.41) is 7.27. The Bertz CT molecular complexity index is 2910. The van der Waals surface area contributed by atoms with Crippen LogP contribution in [0, 0.1) is 35.5 Å². The molecule has 13 atom stereocenters. The zero-order valence-electron chi connectivity index (χ0n) is 62.2. The van der Waals surface area contributed by atoms with Gasteiger partial charge in [-0.1, -0.05) is 91.9 Å². The molecule has 29 heteroatoms. The van der Waals surface area contributed by atoms with Crippen molar-refractivity contribution in [2.75, 3.05) is 89.1 Å². The molecule has 24 nitrogen and oxygen atoms in total. The minimum atomic E-state index is -4.52. The number of hydrogen-bond acceptors (Lipinski definition) is 12. The molecule has 6 aliphatic rings. The quantitative estimate of drug-likeness (QED) is 0.186. The molecule has 4 saturated carbocycles. The lowest BCUT2D eigenvalue weighted by Crippen LogP contribution is -2.65. The van der Waals surface area contributed by atoms with E-state index < -0.39 is 180 Å². The molecule has 3 N–H and O–H groups in total. The molecule has 12 amide bonds. The van der Waals surface area contributed by atoms with Gasteiger partial charge in [-0.05, 0) is 126 Å². The Morgan fingerprint density at radius 2 is 1.16 bits per heavy atom. The summed E-state index contributed by atoms with van der Waals surface area (Å²) in [6.45, 7) is 7.54. The van der Waals surface area contributed by atoms with Gasteiger partial charge in [0.2, 0.25) is 70.9 Å². The Hall–Kier alpha value is -5.99. The normalized spacial score (nSPS) is 30.7. The van der Waals surface area contributed by atoms with Crippen LogP contribution in [-0.2, 0) is 57.5 Å². The maximum atomic E-state index is 15.6. The highest BCUT2D eigenvalue weighted by Gasteiger charge is 2.51. The number of rotatable bonds is 11. The summed E-state index contributed by atoms with van der Waals surface area (Å²) in [7, 11) is 11.2. The van der Waals surface area contributed by atoms with E-state index in [1.165, 1.54) is 82.9 Å². The fourth-order valence-electron chi connectivity index (χ4n) is 16.0. The first kappa shape index (κ1) is 84.0. The van der Waals surface area contributed by atoms with Gasteiger partial charge in [0.1, 0.15) is 47.8 Å². The Labute approximate surface area is 606 Å². The summed E-state index contributed by atoms with van der Waals surface area (Å²) in [5.74, 6) is -11.4. The molecule has 0 aromatic heterocycles. The third kappa shape index (κ3) is 22.0. The first-order valence-electron chi connectivity index (χ1n) is 37.0. The fourth-order valence-corrected chi connectivity index (χ4v) is 17.0. The molecular formula is C72H117Cl2F3N12O12. The molecule has 101 heavy (non-hydrogen) atoms. The predicted molar refractivity (Wildman–Crippen MR) is 377 cm³/mol. The van der Waals surface area contributed by atoms with E-state index >= 15 is 19.2 Å². The summed E-state index contributed by atoms with van der Waals surface area (Å²) >= 11 is 13.2. The van der Waals surface area contributed by atoms with Crippen LogP contribution in [0.4, 0.5) is 13.2 Å². The standard InChI is InChI=1S/C72H117Cl2F3N12O12/c1-14-45(4)61-68(99)83(8)42-59(92)81(6)43-60(93)85(10)55(38-47-24-17-15-18-25-47)66(97)82(7)41-57(90)78-53(31-29-48-28-30-51(52(74)37-48)72(75,76)77)65(96)86(11)54(39-49-26-23-27-50(73)36-49)64(95)80-71(32-19-20-33-71)70(101)88(13)62(44(2)3)69(100)87(12)56(67(98)89-34-21-16-22-35-89)40-58(91)84(9)46(5)63(94)79-61/h44-56,61-62H,14-43H2,1-13H3,(H,78,90)(H,79,94)(H,80,95)/t45-,46-,48?,49?,50?,51?,52?,53-,54-,55-,56-,61-,62-/m0/s1. The molecular weight excluding hydrogens is 1350 g/mol. The van der Waals surface area contributed by atoms with Crippen molar-refractivity contribution in [1.82, 2.24) is 60.0 Å². The minimum absolute atomic E-state index is 0.0198. The maximum Gasteiger partial charge on any atom is 0.393 e. The van der Waals surface area contributed by atoms with Crippen molar-refractivity contribution in [2.24, 2.45) is 35.5 Å². The second-order valence-corrected chi connectivity index (χ2v) is 31.9. The number of nitrogens with zero attached hydrogens (tertiary/aromatic N) is 9. The summed E-state index contributed by atoms with van der Waals surface area (Å²) in [6, 6.07) is -8.95. The summed E-state index contributed by atoms with van der Waals surface area (Å²) in [6.07, 6.45) is 5.97. The minimum Gasteiger partial charge on any atom is -0.343 e. The summed E-state index contributed by atoms with van der Waals surface area (Å²) in [4.78, 5) is 190. The Morgan fingerprint density at radius 3 is 1.75 bits per heavy atom. The monoisotopic (exact) mass is 1470 g/mol. The second kappa shape index (κ2) is 37.6. The highest BCUT2D eigenvalue weighted by atomic mass is 35.5. The zero-order chi connectivity index (χ0) is 75.1. The fraction of sp³-hybridized carbons (Fsp3) is 0.833. The number of likely N-dealkylation sites (N-methyl/N-ethyl adjacent to an activating group) is 8. The van der Waals surface area contributed by atoms with Crippen molar-refractivity contribution in [3.8, 4) is 0 Å². The molecule has 6 rings (SSSR count). The van der Waals surface area contributed by atoms with Crippen LogP contribution in [0.25, 0.3) is 0 Å². The van der Waals surface area contributed by atoms with Crippen LogP contribution in [0.5, 0.6) is 0 Å². The van der Waals surface area contributed by atoms with Gasteiger partial charge >= 0.3 is 6.18 Å². The molecule has 4 aliphatic carbocycles. The highest BCUT2D eigenvalue weighted by Crippen LogP contribution is 2.44. The predicted octanol–water partition coefficient (Wildman–Crippen LogP) is 6.56. The van der Waals surface area contributed by atoms with E-state index in [-0.39, 0.29) is 75.0 Å². The first-order chi connectivity index (χ1) is 47.4. The summed E-state index contributed by atoms with van der Waals surface area (Å²) in [5.41, 5.74) is -1.62. The molecule has 6 fully saturated rings. The van der Waals surface area contributed by atoms with E-state index in [0.717, 1.165) is 71.0 Å². The molecule has 2 aliphatic heterocycles. The van der Waals surface area contributed by atoms with Gasteiger partial charge in [0.25, 0.3) is 0 Å². The zero-order valence-corrected chi connectivity index (χ0v) is 63.7. The number of piperidine rings is 1. The lowest BCUT2D eigenvalue weighted by molar-refractivity contribution is -0.182. The molecule has 0 aromatic rings. The van der Waals surface area contributed by atoms with Crippen LogP contribution in [0.15, 0.2) is 0 Å². The average Bonchev–Trinajstić information content (AvgIpc) is 0.990. The number of carbonyl (C=O) groups excluding carboxylic acids is 12. The molecule has 0 aromatic carbocycles. The second-order valence-electron chi connectivity index (χ2n) is 30.8. The largest absolute Gasteiger partial charge is 0.393 e. The van der Waals surface area contributed by atoms with E-state index in [1.54, 1.807) is 25.7 Å². The number of amides is 12. The van der Waals surface area contributed by atoms with E-state index in [4.69, 9.17) is 23.2 Å². The van der Waals surface area contributed by atoms with Crippen LogP contribution in [-0.4, -0.2) is 269 Å². The van der Waals surface area contributed by atoms with Crippen molar-refractivity contribution in [3.63, 3.8) is 0 Å². The maximum absolute atomic E-state index is 15.6. The lowest BCUT2D eigenvalue weighted by Gasteiger charge is -2.42. The van der Waals surface area contributed by atoms with Crippen molar-refractivity contribution in [3.05, 3.63) is 0 Å². The molecule has 0 radical (unpaired) electrons. The van der Waals surface area contributed by atoms with Crippen molar-refractivity contribution in [2.45, 2.75) is 260 Å². The van der Waals surface area contributed by atoms with Gasteiger partial charge in [0.05, 0.1) is 32.0 Å². The summed E-state index contributed by atoms with van der Waals surface area (Å²) < 4.78 is 42.3. The molecule has 2 saturated heterocycles. The van der Waals surface area contributed by atoms with E-state index in [0.29, 0.717) is 58.0 Å². The van der Waals surface area contributed by atoms with E-state index in [9.17, 15) is 51.5 Å². The average molecular weight is 1470 g/mol. The van der Waals surface area contributed by atoms with E-state index in [2.05, 4.69) is 16.0 Å². The Balaban J connectivity index is 1.43. The number of carbonyl (C=O) groups is 12. The highest BCUT2D eigenvalue weighted by molar-refractivity contribution is 6.21. The van der Waals surface area contributed by atoms with Crippen molar-refractivity contribution >= 4 is 94.1 Å². The van der Waals surface area contributed by atoms with Gasteiger partial charge in [-0.3, -0.25) is 57.5 Å². The van der Waals surface area contributed by atoms with Gasteiger partial charge in [0, 0.05) is 80.2 Å². The Kier molecular flexibility index (Phi) is 31.3. The van der Waals surface area contributed by atoms with Gasteiger partial charge in [-0.25, -0.2) is 0 Å². The molecule has 0 bridgehead atoms. The number of hydrogen-bond donors (Lipinski definition) is 3. The Morgan fingerprint density at radius 1 is 0.564 bits per heavy atom. The van der Waals surface area contributed by atoms with Crippen LogP contribution >= 0.6 is 23.2 Å². The number of halogens is 5. The molecule has 572 valence electrons. The van der Waals surface area contributed by atoms with E-state index in [1.807, 2.05) is 6.92 Å². The third-order valence-corrected chi connectivity index (χ3v) is 23.9. The van der Waals surface area contributed by atoms with Crippen LogP contribution in [0.3, 0.4) is 0 Å². The smallest absolute Gasteiger partial charge is 0.343 e. The molecule has 5 unspecified atom stereocenters. The van der Waals surface area contributed by atoms with Crippen LogP contribution in [0.2, 0.25) is 0 Å². The van der Waals surface area contributed by atoms with Gasteiger partial charge in [-0.2, -0.15) is 13.2 Å². The lowest BCUT2D eigenvalue weighted by atomic mass is 9.78. The SMILES string of the molecule is CC[C@H](C)[C@@H]1NC(=O)[C@H](C)N(C)C(=O)C[C@@H](C(=O)N2CCCCC2)N(C)C(=O)[C@H](C(C)C)N(C)C(=O)C2(CCCC2)NC(=O)[C@H](CC2CCCC(Cl)C2)N(C)C(=O)[C@H](CCC2CCC(C(F)(F)F)C(Cl)C2)NC(=O)CN(C)C(=O)[C@H](CC2CCCCC2)N(C)C(=O)CN(C)C(=O)CN(C)C1=O. The van der Waals surface area contributed by atoms with Gasteiger partial charge in [0.15, 0.2) is 0 Å².